The topological polar surface area (TPSA) is 125 Å². The molecule has 2 fully saturated rings. The predicted octanol–water partition coefficient (Wildman–Crippen LogP) is 2.82. The summed E-state index contributed by atoms with van der Waals surface area (Å²) in [6, 6.07) is 11.0. The molecular weight excluding hydrogens is 402 g/mol. The molecule has 2 aromatic heterocycles. The standard InChI is InChI=1S/C24H31N7O/c1-15(25)27-12-9-18-3-2-4-20(28-18)16-5-7-19(8-6-16)31-14-17-13-21(24(26)10-11-24)29-22(17)30-23(31)32/h5-8,13-14,18,20,28H,2-4,9-12,26H2,1H3,(H2,25,27)(H,29,30,32)/t18?,20-/m0/s1. The summed E-state index contributed by atoms with van der Waals surface area (Å²) in [6.07, 6.45) is 8.23. The number of piperidine rings is 1. The van der Waals surface area contributed by atoms with Crippen LogP contribution in [0.2, 0.25) is 0 Å². The second-order valence-corrected chi connectivity index (χ2v) is 9.32. The number of aromatic amines is 1. The molecular formula is C24H31N7O. The lowest BCUT2D eigenvalue weighted by Crippen LogP contribution is -2.39. The summed E-state index contributed by atoms with van der Waals surface area (Å²) in [5, 5.41) is 15.2. The number of hydrogen-bond acceptors (Lipinski definition) is 5. The van der Waals surface area contributed by atoms with E-state index in [4.69, 9.17) is 11.1 Å². The van der Waals surface area contributed by atoms with E-state index in [1.54, 1.807) is 11.5 Å². The first kappa shape index (κ1) is 20.9. The Hall–Kier alpha value is -2.97. The Morgan fingerprint density at radius 3 is 2.81 bits per heavy atom. The van der Waals surface area contributed by atoms with Gasteiger partial charge in [-0.3, -0.25) is 9.98 Å². The normalized spacial score (nSPS) is 22.1. The van der Waals surface area contributed by atoms with Crippen molar-refractivity contribution in [3.8, 4) is 5.69 Å². The maximum absolute atomic E-state index is 12.7. The van der Waals surface area contributed by atoms with E-state index in [0.29, 0.717) is 23.6 Å². The Balaban J connectivity index is 1.32. The number of rotatable bonds is 6. The number of benzene rings is 1. The number of nitrogens with zero attached hydrogens (tertiary/aromatic N) is 2. The molecule has 3 aromatic rings. The van der Waals surface area contributed by atoms with E-state index in [0.717, 1.165) is 55.4 Å². The molecule has 32 heavy (non-hydrogen) atoms. The first-order valence-electron chi connectivity index (χ1n) is 11.5. The van der Waals surface area contributed by atoms with Gasteiger partial charge in [-0.15, -0.1) is 0 Å². The highest BCUT2D eigenvalue weighted by Crippen LogP contribution is 2.42. The van der Waals surface area contributed by atoms with Crippen LogP contribution in [0.3, 0.4) is 0 Å². The van der Waals surface area contributed by atoms with Crippen molar-refractivity contribution < 1.29 is 0 Å². The summed E-state index contributed by atoms with van der Waals surface area (Å²) in [5.74, 6) is 0.516. The van der Waals surface area contributed by atoms with E-state index in [1.165, 1.54) is 12.0 Å². The van der Waals surface area contributed by atoms with Gasteiger partial charge in [0.2, 0.25) is 0 Å². The highest BCUT2D eigenvalue weighted by atomic mass is 16.1. The van der Waals surface area contributed by atoms with Crippen molar-refractivity contribution in [2.24, 2.45) is 5.73 Å². The minimum atomic E-state index is -0.301. The monoisotopic (exact) mass is 433 g/mol. The number of aromatic nitrogens is 3. The minimum Gasteiger partial charge on any atom is -0.374 e. The SMILES string of the molecule is CC(=N)NCCC1CCC[C@@H](c2ccc(-n3cc4cc(C5(N)CC5)[nH]c4nc3=O)cc2)N1. The molecule has 0 spiro atoms. The van der Waals surface area contributed by atoms with Crippen molar-refractivity contribution in [1.82, 2.24) is 25.2 Å². The van der Waals surface area contributed by atoms with Crippen LogP contribution in [0.15, 0.2) is 41.3 Å². The van der Waals surface area contributed by atoms with E-state index < -0.39 is 0 Å². The summed E-state index contributed by atoms with van der Waals surface area (Å²) in [6.45, 7) is 2.59. The molecule has 8 heteroatoms. The molecule has 1 aliphatic carbocycles. The van der Waals surface area contributed by atoms with Crippen LogP contribution in [0.25, 0.3) is 16.7 Å². The van der Waals surface area contributed by atoms with Gasteiger partial charge in [0.15, 0.2) is 0 Å². The quantitative estimate of drug-likeness (QED) is 0.302. The van der Waals surface area contributed by atoms with Gasteiger partial charge >= 0.3 is 5.69 Å². The second-order valence-electron chi connectivity index (χ2n) is 9.32. The Bertz CT molecular complexity index is 1190. The van der Waals surface area contributed by atoms with E-state index >= 15 is 0 Å². The molecule has 3 heterocycles. The maximum atomic E-state index is 12.7. The zero-order chi connectivity index (χ0) is 22.3. The third-order valence-corrected chi connectivity index (χ3v) is 6.77. The number of nitrogens with one attached hydrogen (secondary N) is 4. The molecule has 168 valence electrons. The smallest absolute Gasteiger partial charge is 0.354 e. The maximum Gasteiger partial charge on any atom is 0.354 e. The number of amidine groups is 1. The zero-order valence-electron chi connectivity index (χ0n) is 18.4. The van der Waals surface area contributed by atoms with Crippen molar-refractivity contribution in [3.63, 3.8) is 0 Å². The molecule has 1 unspecified atom stereocenters. The van der Waals surface area contributed by atoms with E-state index in [1.807, 2.05) is 24.4 Å². The summed E-state index contributed by atoms with van der Waals surface area (Å²) in [4.78, 5) is 20.1. The van der Waals surface area contributed by atoms with Gasteiger partial charge in [0.25, 0.3) is 0 Å². The summed E-state index contributed by atoms with van der Waals surface area (Å²) in [7, 11) is 0. The Kier molecular flexibility index (Phi) is 5.35. The van der Waals surface area contributed by atoms with Gasteiger partial charge in [-0.25, -0.2) is 4.79 Å². The molecule has 8 nitrogen and oxygen atoms in total. The van der Waals surface area contributed by atoms with Crippen molar-refractivity contribution in [2.45, 2.75) is 63.1 Å². The molecule has 1 aromatic carbocycles. The van der Waals surface area contributed by atoms with Crippen LogP contribution in [0.5, 0.6) is 0 Å². The van der Waals surface area contributed by atoms with Crippen molar-refractivity contribution in [1.29, 1.82) is 5.41 Å². The molecule has 0 amide bonds. The second kappa shape index (κ2) is 8.18. The lowest BCUT2D eigenvalue weighted by atomic mass is 9.92. The van der Waals surface area contributed by atoms with Gasteiger partial charge in [-0.05, 0) is 62.8 Å². The average molecular weight is 434 g/mol. The molecule has 5 rings (SSSR count). The molecule has 1 saturated carbocycles. The summed E-state index contributed by atoms with van der Waals surface area (Å²) >= 11 is 0. The average Bonchev–Trinajstić information content (AvgIpc) is 3.39. The Labute approximate surface area is 187 Å². The molecule has 2 aliphatic rings. The first-order chi connectivity index (χ1) is 15.4. The number of fused-ring (bicyclic) bond motifs is 1. The van der Waals surface area contributed by atoms with Crippen LogP contribution in [0, 0.1) is 5.41 Å². The predicted molar refractivity (Wildman–Crippen MR) is 126 cm³/mol. The van der Waals surface area contributed by atoms with Crippen molar-refractivity contribution in [2.75, 3.05) is 6.54 Å². The molecule has 0 radical (unpaired) electrons. The van der Waals surface area contributed by atoms with Crippen LogP contribution in [-0.4, -0.2) is 33.0 Å². The van der Waals surface area contributed by atoms with E-state index in [9.17, 15) is 4.79 Å². The molecule has 6 N–H and O–H groups in total. The zero-order valence-corrected chi connectivity index (χ0v) is 18.4. The summed E-state index contributed by atoms with van der Waals surface area (Å²) < 4.78 is 1.60. The first-order valence-corrected chi connectivity index (χ1v) is 11.5. The lowest BCUT2D eigenvalue weighted by molar-refractivity contribution is 0.312. The minimum absolute atomic E-state index is 0.282. The van der Waals surface area contributed by atoms with Crippen molar-refractivity contribution >= 4 is 16.9 Å². The molecule has 0 bridgehead atoms. The highest BCUT2D eigenvalue weighted by molar-refractivity contribution is 5.76. The largest absolute Gasteiger partial charge is 0.374 e. The van der Waals surface area contributed by atoms with Crippen LogP contribution in [-0.2, 0) is 5.54 Å². The third-order valence-electron chi connectivity index (χ3n) is 6.77. The van der Waals surface area contributed by atoms with Gasteiger partial charge in [0.1, 0.15) is 5.65 Å². The van der Waals surface area contributed by atoms with Crippen LogP contribution >= 0.6 is 0 Å². The van der Waals surface area contributed by atoms with Gasteiger partial charge < -0.3 is 21.4 Å². The molecule has 2 atom stereocenters. The van der Waals surface area contributed by atoms with Gasteiger partial charge in [-0.1, -0.05) is 18.6 Å². The molecule has 1 saturated heterocycles. The Morgan fingerprint density at radius 1 is 1.31 bits per heavy atom. The number of hydrogen-bond donors (Lipinski definition) is 5. The van der Waals surface area contributed by atoms with Crippen molar-refractivity contribution in [3.05, 3.63) is 58.3 Å². The fraction of sp³-hybridized carbons (Fsp3) is 0.458. The van der Waals surface area contributed by atoms with Gasteiger partial charge in [0.05, 0.1) is 17.1 Å². The fourth-order valence-corrected chi connectivity index (χ4v) is 4.66. The highest BCUT2D eigenvalue weighted by Gasteiger charge is 2.41. The van der Waals surface area contributed by atoms with Crippen LogP contribution < -0.4 is 22.1 Å². The molecule has 1 aliphatic heterocycles. The van der Waals surface area contributed by atoms with E-state index in [2.05, 4.69) is 32.7 Å². The third kappa shape index (κ3) is 4.20. The number of H-pyrrole nitrogens is 1. The van der Waals surface area contributed by atoms with Crippen LogP contribution in [0.1, 0.15) is 62.7 Å². The number of nitrogens with two attached hydrogens (primary N) is 1. The van der Waals surface area contributed by atoms with Crippen LogP contribution in [0.4, 0.5) is 0 Å². The summed E-state index contributed by atoms with van der Waals surface area (Å²) in [5.41, 5.74) is 9.31. The van der Waals surface area contributed by atoms with Gasteiger partial charge in [0, 0.05) is 35.9 Å². The Morgan fingerprint density at radius 2 is 2.09 bits per heavy atom. The van der Waals surface area contributed by atoms with E-state index in [-0.39, 0.29) is 11.2 Å². The lowest BCUT2D eigenvalue weighted by Gasteiger charge is -2.31. The van der Waals surface area contributed by atoms with Gasteiger partial charge in [-0.2, -0.15) is 4.98 Å². The fourth-order valence-electron chi connectivity index (χ4n) is 4.66.